The van der Waals surface area contributed by atoms with Gasteiger partial charge in [-0.1, -0.05) is 27.7 Å². The van der Waals surface area contributed by atoms with Crippen molar-refractivity contribution in [1.82, 2.24) is 4.31 Å². The van der Waals surface area contributed by atoms with Crippen molar-refractivity contribution >= 4 is 21.6 Å². The number of likely N-dealkylation sites (tertiary alicyclic amines) is 1. The Morgan fingerprint density at radius 1 is 1.12 bits per heavy atom. The van der Waals surface area contributed by atoms with Crippen LogP contribution in [0.3, 0.4) is 0 Å². The van der Waals surface area contributed by atoms with Crippen LogP contribution in [0, 0.1) is 11.8 Å². The van der Waals surface area contributed by atoms with E-state index >= 15 is 0 Å². The molecule has 1 heterocycles. The number of carbonyl (C=O) groups is 1. The minimum absolute atomic E-state index is 0.0272. The van der Waals surface area contributed by atoms with E-state index in [1.165, 1.54) is 15.6 Å². The average Bonchev–Trinajstić information content (AvgIpc) is 2.55. The summed E-state index contributed by atoms with van der Waals surface area (Å²) < 4.78 is 26.4. The Morgan fingerprint density at radius 3 is 2.15 bits per heavy atom. The van der Waals surface area contributed by atoms with E-state index in [0.717, 1.165) is 13.1 Å². The van der Waals surface area contributed by atoms with E-state index in [-0.39, 0.29) is 10.8 Å². The predicted molar refractivity (Wildman–Crippen MR) is 104 cm³/mol. The summed E-state index contributed by atoms with van der Waals surface area (Å²) in [7, 11) is -3.46. The second-order valence-electron chi connectivity index (χ2n) is 7.44. The Kier molecular flexibility index (Phi) is 7.20. The SMILES string of the molecule is CCN(CC)S(=O)(=O)c1ccc(NC(=O)C[NH+]2C[C@@H](C)C[C@H](C)C2)cc1. The smallest absolute Gasteiger partial charge is 0.279 e. The lowest BCUT2D eigenvalue weighted by Gasteiger charge is -2.31. The minimum atomic E-state index is -3.46. The summed E-state index contributed by atoms with van der Waals surface area (Å²) in [6, 6.07) is 6.43. The number of benzene rings is 1. The van der Waals surface area contributed by atoms with Crippen LogP contribution in [-0.2, 0) is 14.8 Å². The third kappa shape index (κ3) is 5.28. The van der Waals surface area contributed by atoms with Crippen LogP contribution in [0.2, 0.25) is 0 Å². The summed E-state index contributed by atoms with van der Waals surface area (Å²) in [5.41, 5.74) is 0.631. The number of piperidine rings is 1. The van der Waals surface area contributed by atoms with Gasteiger partial charge >= 0.3 is 0 Å². The molecule has 6 nitrogen and oxygen atoms in total. The molecule has 1 aliphatic rings. The molecule has 2 N–H and O–H groups in total. The van der Waals surface area contributed by atoms with Crippen LogP contribution in [0.5, 0.6) is 0 Å². The highest BCUT2D eigenvalue weighted by atomic mass is 32.2. The van der Waals surface area contributed by atoms with E-state index in [2.05, 4.69) is 19.2 Å². The van der Waals surface area contributed by atoms with E-state index in [9.17, 15) is 13.2 Å². The van der Waals surface area contributed by atoms with E-state index in [0.29, 0.717) is 37.2 Å². The molecule has 7 heteroatoms. The fourth-order valence-corrected chi connectivity index (χ4v) is 5.38. The third-order valence-electron chi connectivity index (χ3n) is 4.97. The van der Waals surface area contributed by atoms with Crippen LogP contribution in [0.1, 0.15) is 34.1 Å². The first-order chi connectivity index (χ1) is 12.3. The molecule has 1 amide bonds. The van der Waals surface area contributed by atoms with Crippen molar-refractivity contribution in [2.24, 2.45) is 11.8 Å². The molecule has 0 spiro atoms. The molecule has 26 heavy (non-hydrogen) atoms. The zero-order valence-electron chi connectivity index (χ0n) is 16.3. The van der Waals surface area contributed by atoms with Crippen molar-refractivity contribution in [3.63, 3.8) is 0 Å². The maximum atomic E-state index is 12.5. The largest absolute Gasteiger partial charge is 0.327 e. The van der Waals surface area contributed by atoms with Gasteiger partial charge in [-0.15, -0.1) is 0 Å². The number of anilines is 1. The number of carbonyl (C=O) groups excluding carboxylic acids is 1. The molecule has 0 aliphatic carbocycles. The molecule has 1 aliphatic heterocycles. The molecule has 1 aromatic rings. The number of sulfonamides is 1. The highest BCUT2D eigenvalue weighted by molar-refractivity contribution is 7.89. The summed E-state index contributed by atoms with van der Waals surface area (Å²) >= 11 is 0. The fraction of sp³-hybridized carbons (Fsp3) is 0.632. The minimum Gasteiger partial charge on any atom is -0.327 e. The summed E-state index contributed by atoms with van der Waals surface area (Å²) in [6.07, 6.45) is 1.23. The zero-order chi connectivity index (χ0) is 19.3. The van der Waals surface area contributed by atoms with Crippen LogP contribution in [0.15, 0.2) is 29.2 Å². The van der Waals surface area contributed by atoms with E-state index in [1.807, 2.05) is 13.8 Å². The Morgan fingerprint density at radius 2 is 1.65 bits per heavy atom. The maximum absolute atomic E-state index is 12.5. The van der Waals surface area contributed by atoms with Gasteiger partial charge in [-0.05, 0) is 30.7 Å². The van der Waals surface area contributed by atoms with E-state index in [1.54, 1.807) is 24.3 Å². The summed E-state index contributed by atoms with van der Waals surface area (Å²) in [4.78, 5) is 13.9. The molecule has 0 saturated carbocycles. The lowest BCUT2D eigenvalue weighted by Crippen LogP contribution is -3.15. The molecule has 1 fully saturated rings. The van der Waals surface area contributed by atoms with Crippen LogP contribution in [0.4, 0.5) is 5.69 Å². The molecule has 1 aromatic carbocycles. The lowest BCUT2D eigenvalue weighted by atomic mass is 9.92. The number of rotatable bonds is 7. The number of amides is 1. The number of hydrogen-bond acceptors (Lipinski definition) is 3. The van der Waals surface area contributed by atoms with Gasteiger partial charge < -0.3 is 10.2 Å². The van der Waals surface area contributed by atoms with Crippen molar-refractivity contribution in [2.75, 3.05) is 38.0 Å². The van der Waals surface area contributed by atoms with Crippen LogP contribution in [-0.4, -0.2) is 51.4 Å². The molecule has 1 saturated heterocycles. The quantitative estimate of drug-likeness (QED) is 0.745. The summed E-state index contributed by atoms with van der Waals surface area (Å²) in [5, 5.41) is 2.89. The Labute approximate surface area is 157 Å². The van der Waals surface area contributed by atoms with Gasteiger partial charge in [0.1, 0.15) is 0 Å². The Balaban J connectivity index is 1.97. The molecule has 0 unspecified atom stereocenters. The van der Waals surface area contributed by atoms with Gasteiger partial charge in [-0.2, -0.15) is 4.31 Å². The molecular weight excluding hydrogens is 350 g/mol. The molecule has 2 rings (SSSR count). The van der Waals surface area contributed by atoms with E-state index < -0.39 is 10.0 Å². The van der Waals surface area contributed by atoms with Gasteiger partial charge in [0, 0.05) is 30.6 Å². The number of hydrogen-bond donors (Lipinski definition) is 2. The predicted octanol–water partition coefficient (Wildman–Crippen LogP) is 1.22. The average molecular weight is 383 g/mol. The van der Waals surface area contributed by atoms with Gasteiger partial charge in [-0.3, -0.25) is 4.79 Å². The second-order valence-corrected chi connectivity index (χ2v) is 9.38. The number of nitrogens with zero attached hydrogens (tertiary/aromatic N) is 1. The number of nitrogens with one attached hydrogen (secondary N) is 2. The Hall–Kier alpha value is -1.44. The topological polar surface area (TPSA) is 70.9 Å². The molecular formula is C19H32N3O3S+. The van der Waals surface area contributed by atoms with Crippen LogP contribution in [0.25, 0.3) is 0 Å². The maximum Gasteiger partial charge on any atom is 0.279 e. The first-order valence-corrected chi connectivity index (χ1v) is 10.9. The van der Waals surface area contributed by atoms with Crippen LogP contribution < -0.4 is 10.2 Å². The number of quaternary nitrogens is 1. The van der Waals surface area contributed by atoms with Crippen molar-refractivity contribution in [2.45, 2.75) is 39.0 Å². The van der Waals surface area contributed by atoms with E-state index in [4.69, 9.17) is 0 Å². The monoisotopic (exact) mass is 382 g/mol. The Bertz CT molecular complexity index is 689. The molecule has 2 atom stereocenters. The molecule has 0 aromatic heterocycles. The first-order valence-electron chi connectivity index (χ1n) is 9.49. The lowest BCUT2D eigenvalue weighted by molar-refractivity contribution is -0.904. The molecule has 0 bridgehead atoms. The van der Waals surface area contributed by atoms with Crippen molar-refractivity contribution < 1.29 is 18.1 Å². The van der Waals surface area contributed by atoms with Gasteiger partial charge in [-0.25, -0.2) is 8.42 Å². The normalized spacial score (nSPS) is 23.8. The first kappa shape index (κ1) is 20.9. The van der Waals surface area contributed by atoms with Crippen molar-refractivity contribution in [3.8, 4) is 0 Å². The van der Waals surface area contributed by atoms with Crippen molar-refractivity contribution in [3.05, 3.63) is 24.3 Å². The van der Waals surface area contributed by atoms with Crippen molar-refractivity contribution in [1.29, 1.82) is 0 Å². The van der Waals surface area contributed by atoms with Gasteiger partial charge in [0.25, 0.3) is 5.91 Å². The zero-order valence-corrected chi connectivity index (χ0v) is 17.1. The van der Waals surface area contributed by atoms with Gasteiger partial charge in [0.2, 0.25) is 10.0 Å². The summed E-state index contributed by atoms with van der Waals surface area (Å²) in [6.45, 7) is 11.5. The highest BCUT2D eigenvalue weighted by Crippen LogP contribution is 2.18. The van der Waals surface area contributed by atoms with Gasteiger partial charge in [0.05, 0.1) is 18.0 Å². The standard InChI is InChI=1S/C19H31N3O3S/c1-5-22(6-2)26(24,25)18-9-7-17(8-10-18)20-19(23)14-21-12-15(3)11-16(4)13-21/h7-10,15-16H,5-6,11-14H2,1-4H3,(H,20,23)/p+1/t15-,16-/m0/s1. The summed E-state index contributed by atoms with van der Waals surface area (Å²) in [5.74, 6) is 1.26. The molecule has 0 radical (unpaired) electrons. The fourth-order valence-electron chi connectivity index (χ4n) is 3.92. The van der Waals surface area contributed by atoms with Gasteiger partial charge in [0.15, 0.2) is 6.54 Å². The highest BCUT2D eigenvalue weighted by Gasteiger charge is 2.27. The van der Waals surface area contributed by atoms with Crippen LogP contribution >= 0.6 is 0 Å². The second kappa shape index (κ2) is 8.97. The molecule has 146 valence electrons. The third-order valence-corrected chi connectivity index (χ3v) is 7.03.